The van der Waals surface area contributed by atoms with Gasteiger partial charge in [0.1, 0.15) is 5.01 Å². The van der Waals surface area contributed by atoms with Crippen LogP contribution in [0.5, 0.6) is 0 Å². The molecular weight excluding hydrogens is 158 g/mol. The molecule has 0 saturated carbocycles. The summed E-state index contributed by atoms with van der Waals surface area (Å²) in [4.78, 5) is 5.60. The summed E-state index contributed by atoms with van der Waals surface area (Å²) in [6, 6.07) is 0. The maximum Gasteiger partial charge on any atom is 0.119 e. The standard InChI is InChI=1S/C8H13NOS/c1-3-6-7(4-2)11-8(5-10)9-6/h10H,3-5H2,1-2H3. The molecule has 1 heterocycles. The number of hydrogen-bond donors (Lipinski definition) is 1. The van der Waals surface area contributed by atoms with Crippen LogP contribution in [-0.2, 0) is 19.4 Å². The van der Waals surface area contributed by atoms with Crippen molar-refractivity contribution in [3.63, 3.8) is 0 Å². The van der Waals surface area contributed by atoms with Gasteiger partial charge in [-0.15, -0.1) is 11.3 Å². The molecule has 0 saturated heterocycles. The second-order valence-corrected chi connectivity index (χ2v) is 3.51. The molecule has 0 unspecified atom stereocenters. The summed E-state index contributed by atoms with van der Waals surface area (Å²) in [7, 11) is 0. The van der Waals surface area contributed by atoms with Gasteiger partial charge in [0.15, 0.2) is 0 Å². The molecule has 1 aromatic rings. The second kappa shape index (κ2) is 3.83. The quantitative estimate of drug-likeness (QED) is 0.751. The lowest BCUT2D eigenvalue weighted by Gasteiger charge is -1.90. The van der Waals surface area contributed by atoms with E-state index in [1.165, 1.54) is 4.88 Å². The van der Waals surface area contributed by atoms with Crippen LogP contribution in [0.4, 0.5) is 0 Å². The SMILES string of the molecule is CCc1nc(CO)sc1CC. The Morgan fingerprint density at radius 2 is 2.09 bits per heavy atom. The molecular formula is C8H13NOS. The highest BCUT2D eigenvalue weighted by molar-refractivity contribution is 7.11. The third-order valence-electron chi connectivity index (χ3n) is 1.61. The van der Waals surface area contributed by atoms with E-state index in [1.54, 1.807) is 11.3 Å². The molecule has 3 heteroatoms. The molecule has 0 aliphatic carbocycles. The summed E-state index contributed by atoms with van der Waals surface area (Å²) >= 11 is 1.62. The Morgan fingerprint density at radius 3 is 2.45 bits per heavy atom. The molecule has 0 amide bonds. The summed E-state index contributed by atoms with van der Waals surface area (Å²) < 4.78 is 0. The highest BCUT2D eigenvalue weighted by Gasteiger charge is 2.05. The largest absolute Gasteiger partial charge is 0.389 e. The number of aromatic nitrogens is 1. The van der Waals surface area contributed by atoms with Crippen LogP contribution < -0.4 is 0 Å². The first-order valence-electron chi connectivity index (χ1n) is 3.90. The van der Waals surface area contributed by atoms with Crippen molar-refractivity contribution >= 4 is 11.3 Å². The average molecular weight is 171 g/mol. The van der Waals surface area contributed by atoms with E-state index in [9.17, 15) is 0 Å². The zero-order chi connectivity index (χ0) is 8.27. The van der Waals surface area contributed by atoms with E-state index in [0.717, 1.165) is 23.5 Å². The van der Waals surface area contributed by atoms with Crippen molar-refractivity contribution in [3.05, 3.63) is 15.6 Å². The smallest absolute Gasteiger partial charge is 0.119 e. The fourth-order valence-corrected chi connectivity index (χ4v) is 2.01. The normalized spacial score (nSPS) is 10.5. The number of nitrogens with zero attached hydrogens (tertiary/aromatic N) is 1. The van der Waals surface area contributed by atoms with E-state index in [1.807, 2.05) is 0 Å². The monoisotopic (exact) mass is 171 g/mol. The van der Waals surface area contributed by atoms with Crippen LogP contribution in [0.1, 0.15) is 29.4 Å². The minimum Gasteiger partial charge on any atom is -0.389 e. The number of rotatable bonds is 3. The molecule has 0 radical (unpaired) electrons. The highest BCUT2D eigenvalue weighted by atomic mass is 32.1. The minimum atomic E-state index is 0.0810. The molecule has 11 heavy (non-hydrogen) atoms. The molecule has 0 spiro atoms. The van der Waals surface area contributed by atoms with Crippen molar-refractivity contribution in [1.29, 1.82) is 0 Å². The number of thiazole rings is 1. The van der Waals surface area contributed by atoms with Crippen LogP contribution in [-0.4, -0.2) is 10.1 Å². The van der Waals surface area contributed by atoms with Crippen LogP contribution in [0.15, 0.2) is 0 Å². The number of aliphatic hydroxyl groups is 1. The van der Waals surface area contributed by atoms with E-state index in [4.69, 9.17) is 5.11 Å². The molecule has 62 valence electrons. The van der Waals surface area contributed by atoms with Gasteiger partial charge in [-0.05, 0) is 12.8 Å². The Balaban J connectivity index is 2.92. The summed E-state index contributed by atoms with van der Waals surface area (Å²) in [5.41, 5.74) is 1.15. The lowest BCUT2D eigenvalue weighted by Crippen LogP contribution is -1.86. The van der Waals surface area contributed by atoms with Gasteiger partial charge in [0.05, 0.1) is 12.3 Å². The van der Waals surface area contributed by atoms with Crippen molar-refractivity contribution in [1.82, 2.24) is 4.98 Å². The van der Waals surface area contributed by atoms with Gasteiger partial charge >= 0.3 is 0 Å². The lowest BCUT2D eigenvalue weighted by atomic mass is 10.2. The van der Waals surface area contributed by atoms with E-state index < -0.39 is 0 Å². The third kappa shape index (κ3) is 1.79. The molecule has 0 aliphatic rings. The molecule has 1 aromatic heterocycles. The van der Waals surface area contributed by atoms with Gasteiger partial charge in [0, 0.05) is 4.88 Å². The lowest BCUT2D eigenvalue weighted by molar-refractivity contribution is 0.281. The zero-order valence-electron chi connectivity index (χ0n) is 6.92. The first-order valence-corrected chi connectivity index (χ1v) is 4.71. The fraction of sp³-hybridized carbons (Fsp3) is 0.625. The predicted octanol–water partition coefficient (Wildman–Crippen LogP) is 1.76. The molecule has 0 atom stereocenters. The van der Waals surface area contributed by atoms with Gasteiger partial charge in [-0.1, -0.05) is 13.8 Å². The molecule has 0 fully saturated rings. The van der Waals surface area contributed by atoms with Gasteiger partial charge in [-0.25, -0.2) is 4.98 Å². The maximum absolute atomic E-state index is 8.81. The molecule has 1 rings (SSSR count). The van der Waals surface area contributed by atoms with Gasteiger partial charge in [-0.3, -0.25) is 0 Å². The first-order chi connectivity index (χ1) is 5.31. The summed E-state index contributed by atoms with van der Waals surface area (Å²) in [6.45, 7) is 4.29. The van der Waals surface area contributed by atoms with Gasteiger partial charge in [0.25, 0.3) is 0 Å². The number of aliphatic hydroxyl groups excluding tert-OH is 1. The summed E-state index contributed by atoms with van der Waals surface area (Å²) in [5.74, 6) is 0. The van der Waals surface area contributed by atoms with Crippen LogP contribution in [0.25, 0.3) is 0 Å². The molecule has 2 nitrogen and oxygen atoms in total. The van der Waals surface area contributed by atoms with Crippen LogP contribution in [0, 0.1) is 0 Å². The third-order valence-corrected chi connectivity index (χ3v) is 2.84. The van der Waals surface area contributed by atoms with E-state index >= 15 is 0 Å². The Kier molecular flexibility index (Phi) is 3.02. The molecule has 1 N–H and O–H groups in total. The van der Waals surface area contributed by atoms with E-state index in [0.29, 0.717) is 0 Å². The topological polar surface area (TPSA) is 33.1 Å². The van der Waals surface area contributed by atoms with Gasteiger partial charge < -0.3 is 5.11 Å². The summed E-state index contributed by atoms with van der Waals surface area (Å²) in [6.07, 6.45) is 2.00. The molecule has 0 aromatic carbocycles. The fourth-order valence-electron chi connectivity index (χ4n) is 1.06. The Bertz CT molecular complexity index is 210. The van der Waals surface area contributed by atoms with Crippen molar-refractivity contribution in [2.75, 3.05) is 0 Å². The second-order valence-electron chi connectivity index (χ2n) is 2.34. The zero-order valence-corrected chi connectivity index (χ0v) is 7.74. The number of aryl methyl sites for hydroxylation is 2. The molecule has 0 bridgehead atoms. The van der Waals surface area contributed by atoms with Crippen molar-refractivity contribution < 1.29 is 5.11 Å². The Morgan fingerprint density at radius 1 is 1.36 bits per heavy atom. The van der Waals surface area contributed by atoms with Crippen molar-refractivity contribution in [3.8, 4) is 0 Å². The van der Waals surface area contributed by atoms with Crippen molar-refractivity contribution in [2.24, 2.45) is 0 Å². The first kappa shape index (κ1) is 8.68. The van der Waals surface area contributed by atoms with Crippen molar-refractivity contribution in [2.45, 2.75) is 33.3 Å². The van der Waals surface area contributed by atoms with Gasteiger partial charge in [0.2, 0.25) is 0 Å². The van der Waals surface area contributed by atoms with Crippen LogP contribution in [0.2, 0.25) is 0 Å². The van der Waals surface area contributed by atoms with Gasteiger partial charge in [-0.2, -0.15) is 0 Å². The van der Waals surface area contributed by atoms with Crippen LogP contribution in [0.3, 0.4) is 0 Å². The average Bonchev–Trinajstić information content (AvgIpc) is 2.46. The summed E-state index contributed by atoms with van der Waals surface area (Å²) in [5, 5.41) is 9.66. The molecule has 0 aliphatic heterocycles. The predicted molar refractivity (Wildman–Crippen MR) is 46.8 cm³/mol. The Hall–Kier alpha value is -0.410. The Labute approximate surface area is 70.9 Å². The van der Waals surface area contributed by atoms with E-state index in [2.05, 4.69) is 18.8 Å². The minimum absolute atomic E-state index is 0.0810. The highest BCUT2D eigenvalue weighted by Crippen LogP contribution is 2.19. The maximum atomic E-state index is 8.81. The van der Waals surface area contributed by atoms with E-state index in [-0.39, 0.29) is 6.61 Å². The van der Waals surface area contributed by atoms with Crippen LogP contribution >= 0.6 is 11.3 Å². The number of hydrogen-bond acceptors (Lipinski definition) is 3.